The van der Waals surface area contributed by atoms with Gasteiger partial charge in [0.05, 0.1) is 23.8 Å². The molecule has 2 aliphatic rings. The molecule has 6 nitrogen and oxygen atoms in total. The molecule has 25 heavy (non-hydrogen) atoms. The summed E-state index contributed by atoms with van der Waals surface area (Å²) in [6.07, 6.45) is 3.38. The van der Waals surface area contributed by atoms with Crippen molar-refractivity contribution in [2.24, 2.45) is 5.73 Å². The Kier molecular flexibility index (Phi) is 4.22. The minimum absolute atomic E-state index is 0.246. The Morgan fingerprint density at radius 3 is 2.56 bits per heavy atom. The maximum atomic E-state index is 10.3. The summed E-state index contributed by atoms with van der Waals surface area (Å²) in [7, 11) is 1.56. The van der Waals surface area contributed by atoms with E-state index in [9.17, 15) is 5.11 Å². The molecule has 7 heteroatoms. The van der Waals surface area contributed by atoms with E-state index < -0.39 is 6.10 Å². The molecule has 2 bridgehead atoms. The number of rotatable bonds is 3. The lowest BCUT2D eigenvalue weighted by Gasteiger charge is -2.39. The first-order valence-corrected chi connectivity index (χ1v) is 9.13. The first-order valence-electron chi connectivity index (χ1n) is 8.75. The van der Waals surface area contributed by atoms with Gasteiger partial charge in [-0.1, -0.05) is 11.6 Å². The third-order valence-corrected chi connectivity index (χ3v) is 5.78. The van der Waals surface area contributed by atoms with Crippen LogP contribution in [0.1, 0.15) is 44.3 Å². The number of halogens is 1. The number of pyridine rings is 2. The Hall–Kier alpha value is -1.63. The summed E-state index contributed by atoms with van der Waals surface area (Å²) in [6.45, 7) is 1.70. The maximum absolute atomic E-state index is 10.3. The van der Waals surface area contributed by atoms with Crippen LogP contribution in [0.2, 0.25) is 5.02 Å². The zero-order valence-corrected chi connectivity index (χ0v) is 15.2. The van der Waals surface area contributed by atoms with Crippen LogP contribution in [0, 0.1) is 0 Å². The fraction of sp³-hybridized carbons (Fsp3) is 0.556. The number of aromatic nitrogens is 2. The topological polar surface area (TPSA) is 84.5 Å². The van der Waals surface area contributed by atoms with Gasteiger partial charge in [0.25, 0.3) is 0 Å². The van der Waals surface area contributed by atoms with Gasteiger partial charge < -0.3 is 20.5 Å². The van der Waals surface area contributed by atoms with Crippen molar-refractivity contribution in [3.05, 3.63) is 22.7 Å². The minimum atomic E-state index is -0.749. The molecule has 4 heterocycles. The highest BCUT2D eigenvalue weighted by Gasteiger charge is 2.41. The second kappa shape index (κ2) is 6.27. The van der Waals surface area contributed by atoms with Crippen LogP contribution in [0.3, 0.4) is 0 Å². The van der Waals surface area contributed by atoms with Crippen molar-refractivity contribution in [2.75, 3.05) is 12.0 Å². The van der Waals surface area contributed by atoms with Crippen molar-refractivity contribution in [3.63, 3.8) is 0 Å². The van der Waals surface area contributed by atoms with E-state index in [0.717, 1.165) is 31.5 Å². The van der Waals surface area contributed by atoms with Crippen molar-refractivity contribution in [2.45, 2.75) is 56.8 Å². The second-order valence-corrected chi connectivity index (χ2v) is 7.46. The number of nitrogens with two attached hydrogens (primary N) is 1. The average Bonchev–Trinajstić information content (AvgIpc) is 2.84. The monoisotopic (exact) mass is 362 g/mol. The molecule has 3 unspecified atom stereocenters. The van der Waals surface area contributed by atoms with Crippen LogP contribution in [0.15, 0.2) is 12.1 Å². The van der Waals surface area contributed by atoms with Crippen molar-refractivity contribution in [1.29, 1.82) is 0 Å². The Morgan fingerprint density at radius 1 is 1.28 bits per heavy atom. The lowest BCUT2D eigenvalue weighted by Crippen LogP contribution is -2.48. The molecule has 0 amide bonds. The van der Waals surface area contributed by atoms with Crippen LogP contribution in [0.4, 0.5) is 5.82 Å². The van der Waals surface area contributed by atoms with E-state index in [1.165, 1.54) is 0 Å². The van der Waals surface area contributed by atoms with E-state index in [0.29, 0.717) is 39.6 Å². The third-order valence-electron chi connectivity index (χ3n) is 5.40. The number of nitrogens with zero attached hydrogens (tertiary/aromatic N) is 3. The first-order chi connectivity index (χ1) is 12.0. The summed E-state index contributed by atoms with van der Waals surface area (Å²) < 4.78 is 5.21. The molecule has 4 rings (SSSR count). The van der Waals surface area contributed by atoms with Crippen LogP contribution in [0.5, 0.6) is 5.88 Å². The van der Waals surface area contributed by atoms with Crippen molar-refractivity contribution in [1.82, 2.24) is 9.97 Å². The molecule has 3 atom stereocenters. The molecule has 2 aromatic heterocycles. The largest absolute Gasteiger partial charge is 0.481 e. The molecule has 0 aliphatic carbocycles. The molecule has 2 aliphatic heterocycles. The van der Waals surface area contributed by atoms with Gasteiger partial charge >= 0.3 is 0 Å². The Morgan fingerprint density at radius 2 is 1.96 bits per heavy atom. The zero-order valence-electron chi connectivity index (χ0n) is 14.4. The predicted molar refractivity (Wildman–Crippen MR) is 98.2 cm³/mol. The van der Waals surface area contributed by atoms with E-state index in [4.69, 9.17) is 27.1 Å². The summed E-state index contributed by atoms with van der Waals surface area (Å²) in [5, 5.41) is 10.8. The highest BCUT2D eigenvalue weighted by Crippen LogP contribution is 2.44. The molecular formula is C18H23ClN4O2. The quantitative estimate of drug-likeness (QED) is 0.873. The second-order valence-electron chi connectivity index (χ2n) is 7.08. The van der Waals surface area contributed by atoms with E-state index in [1.807, 2.05) is 6.07 Å². The lowest BCUT2D eigenvalue weighted by molar-refractivity contribution is 0.200. The van der Waals surface area contributed by atoms with Crippen LogP contribution in [-0.4, -0.2) is 40.3 Å². The Balaban J connectivity index is 1.89. The van der Waals surface area contributed by atoms with E-state index in [2.05, 4.69) is 9.88 Å². The van der Waals surface area contributed by atoms with Crippen LogP contribution in [0.25, 0.3) is 11.0 Å². The van der Waals surface area contributed by atoms with Gasteiger partial charge in [0.2, 0.25) is 5.88 Å². The fourth-order valence-electron chi connectivity index (χ4n) is 4.34. The molecule has 0 radical (unpaired) electrons. The van der Waals surface area contributed by atoms with Crippen molar-refractivity contribution < 1.29 is 9.84 Å². The summed E-state index contributed by atoms with van der Waals surface area (Å²) in [6, 6.07) is 4.62. The molecule has 2 fully saturated rings. The predicted octanol–water partition coefficient (Wildman–Crippen LogP) is 2.80. The molecule has 134 valence electrons. The summed E-state index contributed by atoms with van der Waals surface area (Å²) in [5.41, 5.74) is 8.10. The number of piperidine rings is 1. The van der Waals surface area contributed by atoms with Gasteiger partial charge in [-0.15, -0.1) is 0 Å². The summed E-state index contributed by atoms with van der Waals surface area (Å²) in [4.78, 5) is 11.6. The number of ether oxygens (including phenoxy) is 1. The molecule has 2 saturated heterocycles. The van der Waals surface area contributed by atoms with Crippen LogP contribution < -0.4 is 15.4 Å². The van der Waals surface area contributed by atoms with Crippen molar-refractivity contribution in [3.8, 4) is 5.88 Å². The van der Waals surface area contributed by atoms with Gasteiger partial charge in [-0.05, 0) is 38.7 Å². The van der Waals surface area contributed by atoms with Gasteiger partial charge in [-0.2, -0.15) is 0 Å². The smallest absolute Gasteiger partial charge is 0.213 e. The molecule has 0 saturated carbocycles. The standard InChI is InChI=1S/C18H23ClN4O2/c1-9(24)15-16(19)18(21-13-5-6-14(25-2)22-17(13)15)23-11-3-4-12(23)8-10(20)7-11/h5-6,9-12,24H,3-4,7-8,20H2,1-2H3. The number of anilines is 1. The first kappa shape index (κ1) is 16.8. The average molecular weight is 363 g/mol. The fourth-order valence-corrected chi connectivity index (χ4v) is 4.73. The summed E-state index contributed by atoms with van der Waals surface area (Å²) in [5.74, 6) is 1.22. The summed E-state index contributed by atoms with van der Waals surface area (Å²) >= 11 is 6.73. The third kappa shape index (κ3) is 2.72. The van der Waals surface area contributed by atoms with Gasteiger partial charge in [-0.25, -0.2) is 9.97 Å². The zero-order chi connectivity index (χ0) is 17.7. The van der Waals surface area contributed by atoms with E-state index >= 15 is 0 Å². The number of fused-ring (bicyclic) bond motifs is 3. The highest BCUT2D eigenvalue weighted by molar-refractivity contribution is 6.34. The number of aliphatic hydroxyl groups excluding tert-OH is 1. The lowest BCUT2D eigenvalue weighted by atomic mass is 9.97. The van der Waals surface area contributed by atoms with Crippen molar-refractivity contribution >= 4 is 28.5 Å². The Labute approximate surface area is 152 Å². The van der Waals surface area contributed by atoms with Gasteiger partial charge in [0.1, 0.15) is 11.3 Å². The number of hydrogen-bond donors (Lipinski definition) is 2. The molecule has 3 N–H and O–H groups in total. The molecule has 0 spiro atoms. The van der Waals surface area contributed by atoms with Gasteiger partial charge in [-0.3, -0.25) is 0 Å². The molecular weight excluding hydrogens is 340 g/mol. The normalized spacial score (nSPS) is 26.9. The van der Waals surface area contributed by atoms with E-state index in [-0.39, 0.29) is 6.04 Å². The number of hydrogen-bond acceptors (Lipinski definition) is 6. The van der Waals surface area contributed by atoms with E-state index in [1.54, 1.807) is 20.1 Å². The van der Waals surface area contributed by atoms with Crippen LogP contribution in [-0.2, 0) is 0 Å². The Bertz CT molecular complexity index is 799. The van der Waals surface area contributed by atoms with Gasteiger partial charge in [0.15, 0.2) is 0 Å². The highest BCUT2D eigenvalue weighted by atomic mass is 35.5. The maximum Gasteiger partial charge on any atom is 0.213 e. The molecule has 2 aromatic rings. The van der Waals surface area contributed by atoms with Gasteiger partial charge in [0, 0.05) is 29.8 Å². The van der Waals surface area contributed by atoms with Crippen LogP contribution >= 0.6 is 11.6 Å². The SMILES string of the molecule is COc1ccc2nc(N3C4CCC3CC(N)C4)c(Cl)c(C(C)O)c2n1. The minimum Gasteiger partial charge on any atom is -0.481 e. The number of aliphatic hydroxyl groups is 1. The number of methoxy groups -OCH3 is 1. The molecule has 0 aromatic carbocycles.